The maximum absolute atomic E-state index is 11.1. The van der Waals surface area contributed by atoms with E-state index in [9.17, 15) is 9.59 Å². The standard InChI is InChI=1S/C9H14O6/c1-6(4-7(10)11)9(12)15-5-8(13-2)14-3/h4,8H,5H2,1-3H3,(H,10,11)/b6-4+. The van der Waals surface area contributed by atoms with Crippen LogP contribution in [-0.2, 0) is 23.8 Å². The largest absolute Gasteiger partial charge is 0.478 e. The van der Waals surface area contributed by atoms with Gasteiger partial charge in [0.2, 0.25) is 0 Å². The van der Waals surface area contributed by atoms with Crippen LogP contribution < -0.4 is 0 Å². The minimum absolute atomic E-state index is 0.00783. The van der Waals surface area contributed by atoms with Crippen LogP contribution in [0.1, 0.15) is 6.92 Å². The Kier molecular flexibility index (Phi) is 6.32. The van der Waals surface area contributed by atoms with Gasteiger partial charge in [-0.1, -0.05) is 0 Å². The molecule has 0 aliphatic rings. The summed E-state index contributed by atoms with van der Waals surface area (Å²) in [6, 6.07) is 0. The molecular weight excluding hydrogens is 204 g/mol. The summed E-state index contributed by atoms with van der Waals surface area (Å²) in [7, 11) is 2.81. The smallest absolute Gasteiger partial charge is 0.334 e. The van der Waals surface area contributed by atoms with Crippen molar-refractivity contribution < 1.29 is 28.9 Å². The fourth-order valence-corrected chi connectivity index (χ4v) is 0.734. The molecule has 0 amide bonds. The Hall–Kier alpha value is -1.40. The van der Waals surface area contributed by atoms with Crippen LogP contribution in [0.2, 0.25) is 0 Å². The predicted octanol–water partition coefficient (Wildman–Crippen LogP) is 0.179. The summed E-state index contributed by atoms with van der Waals surface area (Å²) in [4.78, 5) is 21.4. The van der Waals surface area contributed by atoms with Crippen molar-refractivity contribution in [2.75, 3.05) is 20.8 Å². The number of aliphatic carboxylic acids is 1. The zero-order chi connectivity index (χ0) is 11.8. The number of esters is 1. The molecule has 0 saturated heterocycles. The minimum Gasteiger partial charge on any atom is -0.478 e. The van der Waals surface area contributed by atoms with Crippen molar-refractivity contribution in [1.82, 2.24) is 0 Å². The first-order chi connectivity index (χ1) is 7.01. The predicted molar refractivity (Wildman–Crippen MR) is 50.2 cm³/mol. The normalized spacial score (nSPS) is 11.6. The molecule has 0 aromatic carbocycles. The monoisotopic (exact) mass is 218 g/mol. The van der Waals surface area contributed by atoms with Gasteiger partial charge in [-0.05, 0) is 6.92 Å². The number of hydrogen-bond acceptors (Lipinski definition) is 5. The summed E-state index contributed by atoms with van der Waals surface area (Å²) in [5, 5.41) is 8.37. The van der Waals surface area contributed by atoms with E-state index in [0.717, 1.165) is 6.08 Å². The van der Waals surface area contributed by atoms with Gasteiger partial charge in [0.25, 0.3) is 0 Å². The molecule has 0 aromatic rings. The molecule has 0 bridgehead atoms. The summed E-state index contributed by atoms with van der Waals surface area (Å²) in [6.07, 6.45) is 0.128. The number of carboxylic acids is 1. The number of rotatable bonds is 6. The zero-order valence-corrected chi connectivity index (χ0v) is 8.85. The van der Waals surface area contributed by atoms with Crippen molar-refractivity contribution in [3.63, 3.8) is 0 Å². The van der Waals surface area contributed by atoms with Gasteiger partial charge in [0.15, 0.2) is 6.29 Å². The molecule has 0 rings (SSSR count). The van der Waals surface area contributed by atoms with Gasteiger partial charge in [-0.2, -0.15) is 0 Å². The fourth-order valence-electron chi connectivity index (χ4n) is 0.734. The molecule has 6 heteroatoms. The second-order valence-electron chi connectivity index (χ2n) is 2.67. The van der Waals surface area contributed by atoms with Crippen molar-refractivity contribution in [3.05, 3.63) is 11.6 Å². The Morgan fingerprint density at radius 1 is 1.33 bits per heavy atom. The Balaban J connectivity index is 4.09. The lowest BCUT2D eigenvalue weighted by molar-refractivity contribution is -0.163. The van der Waals surface area contributed by atoms with Crippen molar-refractivity contribution in [2.45, 2.75) is 13.2 Å². The van der Waals surface area contributed by atoms with Crippen LogP contribution >= 0.6 is 0 Å². The van der Waals surface area contributed by atoms with Crippen LogP contribution in [0.25, 0.3) is 0 Å². The van der Waals surface area contributed by atoms with Gasteiger partial charge in [0, 0.05) is 25.9 Å². The van der Waals surface area contributed by atoms with Crippen LogP contribution in [-0.4, -0.2) is 44.2 Å². The topological polar surface area (TPSA) is 82.1 Å². The van der Waals surface area contributed by atoms with Gasteiger partial charge in [-0.25, -0.2) is 9.59 Å². The highest BCUT2D eigenvalue weighted by atomic mass is 16.7. The molecule has 0 aromatic heterocycles. The van der Waals surface area contributed by atoms with E-state index in [1.165, 1.54) is 21.1 Å². The van der Waals surface area contributed by atoms with Gasteiger partial charge in [-0.15, -0.1) is 0 Å². The third kappa shape index (κ3) is 5.82. The molecule has 0 heterocycles. The number of carbonyl (C=O) groups excluding carboxylic acids is 1. The Labute approximate surface area is 87.4 Å². The van der Waals surface area contributed by atoms with Crippen molar-refractivity contribution in [2.24, 2.45) is 0 Å². The number of methoxy groups -OCH3 is 2. The lowest BCUT2D eigenvalue weighted by atomic mass is 10.3. The third-order valence-corrected chi connectivity index (χ3v) is 1.54. The summed E-state index contributed by atoms with van der Waals surface area (Å²) < 4.78 is 14.3. The van der Waals surface area contributed by atoms with E-state index in [4.69, 9.17) is 19.3 Å². The highest BCUT2D eigenvalue weighted by molar-refractivity contribution is 5.95. The maximum Gasteiger partial charge on any atom is 0.334 e. The van der Waals surface area contributed by atoms with E-state index in [1.54, 1.807) is 0 Å². The molecule has 6 nitrogen and oxygen atoms in total. The highest BCUT2D eigenvalue weighted by Gasteiger charge is 2.11. The van der Waals surface area contributed by atoms with Crippen molar-refractivity contribution >= 4 is 11.9 Å². The molecule has 15 heavy (non-hydrogen) atoms. The third-order valence-electron chi connectivity index (χ3n) is 1.54. The molecule has 0 spiro atoms. The van der Waals surface area contributed by atoms with Gasteiger partial charge in [0.1, 0.15) is 6.61 Å². The van der Waals surface area contributed by atoms with Crippen LogP contribution in [0.3, 0.4) is 0 Å². The number of carboxylic acid groups (broad SMARTS) is 1. The van der Waals surface area contributed by atoms with Crippen LogP contribution in [0.4, 0.5) is 0 Å². The van der Waals surface area contributed by atoms with E-state index >= 15 is 0 Å². The molecule has 0 aliphatic carbocycles. The lowest BCUT2D eigenvalue weighted by Crippen LogP contribution is -2.23. The van der Waals surface area contributed by atoms with Gasteiger partial charge in [0.05, 0.1) is 0 Å². The zero-order valence-electron chi connectivity index (χ0n) is 8.85. The van der Waals surface area contributed by atoms with E-state index < -0.39 is 18.2 Å². The number of ether oxygens (including phenoxy) is 3. The number of hydrogen-bond donors (Lipinski definition) is 1. The van der Waals surface area contributed by atoms with Crippen molar-refractivity contribution in [1.29, 1.82) is 0 Å². The first-order valence-corrected chi connectivity index (χ1v) is 4.15. The van der Waals surface area contributed by atoms with Gasteiger partial charge >= 0.3 is 11.9 Å². The molecule has 86 valence electrons. The van der Waals surface area contributed by atoms with Crippen LogP contribution in [0.5, 0.6) is 0 Å². The molecule has 0 fully saturated rings. The number of carbonyl (C=O) groups is 2. The maximum atomic E-state index is 11.1. The summed E-state index contributed by atoms with van der Waals surface area (Å²) in [5.74, 6) is -1.91. The summed E-state index contributed by atoms with van der Waals surface area (Å²) >= 11 is 0. The SMILES string of the molecule is COC(COC(=O)/C(C)=C/C(=O)O)OC. The van der Waals surface area contributed by atoms with Gasteiger partial charge in [-0.3, -0.25) is 0 Å². The van der Waals surface area contributed by atoms with E-state index in [1.807, 2.05) is 0 Å². The Bertz CT molecular complexity index is 253. The Morgan fingerprint density at radius 2 is 1.87 bits per heavy atom. The molecule has 0 aliphatic heterocycles. The molecule has 0 unspecified atom stereocenters. The molecule has 0 saturated carbocycles. The van der Waals surface area contributed by atoms with E-state index in [2.05, 4.69) is 0 Å². The lowest BCUT2D eigenvalue weighted by Gasteiger charge is -2.13. The van der Waals surface area contributed by atoms with E-state index in [0.29, 0.717) is 0 Å². The molecule has 1 N–H and O–H groups in total. The first-order valence-electron chi connectivity index (χ1n) is 4.15. The average Bonchev–Trinajstić information content (AvgIpc) is 2.18. The highest BCUT2D eigenvalue weighted by Crippen LogP contribution is 1.99. The molecule has 0 radical (unpaired) electrons. The average molecular weight is 218 g/mol. The fraction of sp³-hybridized carbons (Fsp3) is 0.556. The molecule has 0 atom stereocenters. The quantitative estimate of drug-likeness (QED) is 0.389. The molecular formula is C9H14O6. The van der Waals surface area contributed by atoms with Crippen molar-refractivity contribution in [3.8, 4) is 0 Å². The van der Waals surface area contributed by atoms with Crippen LogP contribution in [0.15, 0.2) is 11.6 Å². The Morgan fingerprint density at radius 3 is 2.27 bits per heavy atom. The first kappa shape index (κ1) is 13.6. The van der Waals surface area contributed by atoms with Gasteiger partial charge < -0.3 is 19.3 Å². The van der Waals surface area contributed by atoms with E-state index in [-0.39, 0.29) is 12.2 Å². The summed E-state index contributed by atoms with van der Waals surface area (Å²) in [6.45, 7) is 1.27. The minimum atomic E-state index is -1.19. The van der Waals surface area contributed by atoms with Crippen LogP contribution in [0, 0.1) is 0 Å². The second-order valence-corrected chi connectivity index (χ2v) is 2.67. The second kappa shape index (κ2) is 6.97. The summed E-state index contributed by atoms with van der Waals surface area (Å²) in [5.41, 5.74) is 0.00783.